The molecule has 3 N–H and O–H groups in total. The molecule has 0 aromatic heterocycles. The number of esters is 1. The van der Waals surface area contributed by atoms with E-state index in [2.05, 4.69) is 98.0 Å². The summed E-state index contributed by atoms with van der Waals surface area (Å²) in [6.07, 6.45) is 12.3. The maximum Gasteiger partial charge on any atom is 0.373 e. The van der Waals surface area contributed by atoms with Crippen LogP contribution in [0.5, 0.6) is 0 Å². The maximum atomic E-state index is 14.0. The van der Waals surface area contributed by atoms with Gasteiger partial charge in [-0.05, 0) is 145 Å². The third-order valence-corrected chi connectivity index (χ3v) is 18.3. The summed E-state index contributed by atoms with van der Waals surface area (Å²) < 4.78 is 6.65. The molecule has 306 valence electrons. The van der Waals surface area contributed by atoms with Crippen molar-refractivity contribution in [3.63, 3.8) is 0 Å². The average Bonchev–Trinajstić information content (AvgIpc) is 3.81. The largest absolute Gasteiger partial charge is 0.462 e. The van der Waals surface area contributed by atoms with Crippen molar-refractivity contribution in [3.8, 4) is 0 Å². The van der Waals surface area contributed by atoms with Crippen LogP contribution >= 0.6 is 0 Å². The lowest BCUT2D eigenvalue weighted by Crippen LogP contribution is -2.68. The van der Waals surface area contributed by atoms with E-state index >= 15 is 0 Å². The quantitative estimate of drug-likeness (QED) is 0.266. The summed E-state index contributed by atoms with van der Waals surface area (Å²) in [5.41, 5.74) is 8.80. The predicted molar refractivity (Wildman–Crippen MR) is 214 cm³/mol. The van der Waals surface area contributed by atoms with E-state index in [-0.39, 0.29) is 74.7 Å². The van der Waals surface area contributed by atoms with Gasteiger partial charge in [0, 0.05) is 11.8 Å². The summed E-state index contributed by atoms with van der Waals surface area (Å²) in [5, 5.41) is 3.48. The summed E-state index contributed by atoms with van der Waals surface area (Å²) in [6.45, 7) is 21.4. The Morgan fingerprint density at radius 1 is 0.839 bits per heavy atom. The number of carbonyl (C=O) groups is 3. The van der Waals surface area contributed by atoms with Crippen LogP contribution in [-0.2, 0) is 35.1 Å². The zero-order chi connectivity index (χ0) is 40.9. The molecule has 8 rings (SSSR count). The van der Waals surface area contributed by atoms with Gasteiger partial charge in [-0.25, -0.2) is 0 Å². The van der Waals surface area contributed by atoms with E-state index in [1.165, 1.54) is 11.1 Å². The Hall–Kier alpha value is -3.09. The van der Waals surface area contributed by atoms with Crippen LogP contribution in [0.3, 0.4) is 0 Å². The Kier molecular flexibility index (Phi) is 10.1. The summed E-state index contributed by atoms with van der Waals surface area (Å²) in [6, 6.07) is 10.7. The van der Waals surface area contributed by atoms with Crippen molar-refractivity contribution in [1.29, 1.82) is 0 Å². The van der Waals surface area contributed by atoms with Gasteiger partial charge in [-0.3, -0.25) is 14.4 Å². The Balaban J connectivity index is 0.00000155. The van der Waals surface area contributed by atoms with E-state index in [1.54, 1.807) is 0 Å². The number of nitrogens with one attached hydrogen (secondary N) is 1. The van der Waals surface area contributed by atoms with Crippen molar-refractivity contribution in [2.24, 2.45) is 68.3 Å². The van der Waals surface area contributed by atoms with Crippen LogP contribution < -0.4 is 11.1 Å². The summed E-state index contributed by atoms with van der Waals surface area (Å²) in [5.74, 6) is 2.07. The molecule has 0 bridgehead atoms. The standard InChI is InChI=1S/C47H68N2O4.CO2/c1-28(2)37-33(50)27-47(49-40(52)46(48)22-23-46)24-21-44(8)31(38(37)47)15-16-35-43(7)19-18-36(42(5,6)34(43)17-20-45(35,44)9)53-39(51)32-26-30(41(32,3)4)25-29-13-11-10-12-14-29;2-1-3/h10-14,28,30-32,34-36H,15-27,48H2,1-9H3,(H,49,52);/t30-,31-,32-,34+,35-,36+,43+,44-,45-,47-;/m1./s1. The number of amides is 1. The highest BCUT2D eigenvalue weighted by Gasteiger charge is 2.71. The van der Waals surface area contributed by atoms with Gasteiger partial charge in [0.15, 0.2) is 5.78 Å². The van der Waals surface area contributed by atoms with Crippen molar-refractivity contribution in [2.45, 2.75) is 163 Å². The fourth-order valence-corrected chi connectivity index (χ4v) is 14.5. The third kappa shape index (κ3) is 6.04. The number of nitrogens with two attached hydrogens (primary N) is 1. The molecular formula is C48H68N2O6. The van der Waals surface area contributed by atoms with Gasteiger partial charge in [-0.15, -0.1) is 0 Å². The molecule has 1 aromatic rings. The van der Waals surface area contributed by atoms with Gasteiger partial charge >= 0.3 is 12.1 Å². The molecule has 6 fully saturated rings. The second kappa shape index (κ2) is 13.8. The lowest BCUT2D eigenvalue weighted by atomic mass is 9.33. The van der Waals surface area contributed by atoms with Gasteiger partial charge in [0.2, 0.25) is 5.91 Å². The lowest BCUT2D eigenvalue weighted by Gasteiger charge is -2.72. The lowest BCUT2D eigenvalue weighted by molar-refractivity contribution is -0.235. The molecule has 1 amide bonds. The predicted octanol–water partition coefficient (Wildman–Crippen LogP) is 8.56. The Morgan fingerprint density at radius 3 is 2.11 bits per heavy atom. The minimum Gasteiger partial charge on any atom is -0.462 e. The zero-order valence-electron chi connectivity index (χ0n) is 35.6. The second-order valence-corrected chi connectivity index (χ2v) is 21.8. The molecule has 10 atom stereocenters. The van der Waals surface area contributed by atoms with Crippen LogP contribution in [0.15, 0.2) is 41.5 Å². The molecule has 0 spiro atoms. The van der Waals surface area contributed by atoms with Crippen molar-refractivity contribution in [3.05, 3.63) is 47.0 Å². The maximum absolute atomic E-state index is 14.0. The number of rotatable bonds is 7. The van der Waals surface area contributed by atoms with Crippen LogP contribution in [-0.4, -0.2) is 41.0 Å². The molecule has 8 heteroatoms. The van der Waals surface area contributed by atoms with E-state index in [1.807, 2.05) is 0 Å². The number of fused-ring (bicyclic) bond motifs is 7. The Morgan fingerprint density at radius 2 is 1.50 bits per heavy atom. The number of Topliss-reactive ketones (excluding diaryl/α,β-unsaturated/α-hetero) is 1. The smallest absolute Gasteiger partial charge is 0.373 e. The molecule has 1 aromatic carbocycles. The minimum atomic E-state index is -0.764. The fourth-order valence-electron chi connectivity index (χ4n) is 14.5. The number of hydrogen-bond acceptors (Lipinski definition) is 7. The highest BCUT2D eigenvalue weighted by Crippen LogP contribution is 2.76. The SMILES string of the molecule is CC(C)C1=C2[C@H]3CC[C@@H]4[C@@]5(C)CC[C@H](OC(=O)[C@H]6C[C@@H](Cc7ccccc7)C6(C)C)C(C)(C)[C@@H]5CC[C@@]4(C)[C@]3(C)CC[C@@]2(NC(=O)C2(N)CC2)CC1=O.O=C=O. The zero-order valence-corrected chi connectivity index (χ0v) is 35.6. The highest BCUT2D eigenvalue weighted by atomic mass is 16.5. The number of carbonyl (C=O) groups excluding carboxylic acids is 5. The third-order valence-electron chi connectivity index (χ3n) is 18.3. The fraction of sp³-hybridized carbons (Fsp3) is 0.750. The Labute approximate surface area is 335 Å². The van der Waals surface area contributed by atoms with Gasteiger partial charge in [0.1, 0.15) is 6.10 Å². The molecule has 0 radical (unpaired) electrons. The highest BCUT2D eigenvalue weighted by molar-refractivity contribution is 6.03. The normalized spacial score (nSPS) is 40.9. The van der Waals surface area contributed by atoms with Crippen LogP contribution in [0.25, 0.3) is 0 Å². The molecule has 56 heavy (non-hydrogen) atoms. The topological polar surface area (TPSA) is 133 Å². The summed E-state index contributed by atoms with van der Waals surface area (Å²) in [7, 11) is 0. The first kappa shape index (κ1) is 41.1. The molecule has 7 aliphatic rings. The molecule has 0 unspecified atom stereocenters. The van der Waals surface area contributed by atoms with Crippen molar-refractivity contribution in [1.82, 2.24) is 5.32 Å². The first-order valence-electron chi connectivity index (χ1n) is 21.8. The van der Waals surface area contributed by atoms with Crippen molar-refractivity contribution >= 4 is 23.8 Å². The van der Waals surface area contributed by atoms with Gasteiger partial charge in [-0.2, -0.15) is 9.59 Å². The van der Waals surface area contributed by atoms with E-state index in [0.717, 1.165) is 82.6 Å². The molecular weight excluding hydrogens is 701 g/mol. The Bertz CT molecular complexity index is 1820. The molecule has 0 aliphatic heterocycles. The number of allylic oxidation sites excluding steroid dienone is 1. The second-order valence-electron chi connectivity index (χ2n) is 21.8. The number of hydrogen-bond donors (Lipinski definition) is 2. The monoisotopic (exact) mass is 769 g/mol. The molecule has 0 saturated heterocycles. The van der Waals surface area contributed by atoms with E-state index in [0.29, 0.717) is 24.2 Å². The van der Waals surface area contributed by atoms with Crippen LogP contribution in [0, 0.1) is 62.6 Å². The number of benzene rings is 1. The molecule has 0 heterocycles. The average molecular weight is 769 g/mol. The van der Waals surface area contributed by atoms with Crippen LogP contribution in [0.1, 0.15) is 145 Å². The number of ether oxygens (including phenoxy) is 1. The van der Waals surface area contributed by atoms with Gasteiger partial charge in [0.25, 0.3) is 0 Å². The summed E-state index contributed by atoms with van der Waals surface area (Å²) in [4.78, 5) is 57.7. The molecule has 7 aliphatic carbocycles. The molecule has 8 nitrogen and oxygen atoms in total. The van der Waals surface area contributed by atoms with Gasteiger partial charge in [-0.1, -0.05) is 92.6 Å². The van der Waals surface area contributed by atoms with Gasteiger partial charge in [0.05, 0.1) is 17.0 Å². The van der Waals surface area contributed by atoms with Crippen molar-refractivity contribution < 1.29 is 28.7 Å². The van der Waals surface area contributed by atoms with Crippen LogP contribution in [0.2, 0.25) is 0 Å². The van der Waals surface area contributed by atoms with E-state index in [4.69, 9.17) is 20.1 Å². The first-order valence-corrected chi connectivity index (χ1v) is 21.8. The van der Waals surface area contributed by atoms with E-state index in [9.17, 15) is 14.4 Å². The minimum absolute atomic E-state index is 0.0232. The first-order chi connectivity index (χ1) is 26.1. The molecule has 6 saturated carbocycles. The summed E-state index contributed by atoms with van der Waals surface area (Å²) >= 11 is 0. The van der Waals surface area contributed by atoms with Crippen molar-refractivity contribution in [2.75, 3.05) is 0 Å². The number of ketones is 1. The van der Waals surface area contributed by atoms with E-state index < -0.39 is 11.1 Å². The van der Waals surface area contributed by atoms with Crippen LogP contribution in [0.4, 0.5) is 0 Å². The van der Waals surface area contributed by atoms with Gasteiger partial charge < -0.3 is 15.8 Å².